The Morgan fingerprint density at radius 3 is 2.70 bits per heavy atom. The highest BCUT2D eigenvalue weighted by molar-refractivity contribution is 9.10. The summed E-state index contributed by atoms with van der Waals surface area (Å²) in [4.78, 5) is 1.45. The smallest absolute Gasteiger partial charge is 0.0292 e. The van der Waals surface area contributed by atoms with Crippen LogP contribution in [0, 0.1) is 0 Å². The van der Waals surface area contributed by atoms with Crippen LogP contribution < -0.4 is 5.32 Å². The molecule has 1 nitrogen and oxygen atoms in total. The van der Waals surface area contributed by atoms with E-state index in [2.05, 4.69) is 76.7 Å². The van der Waals surface area contributed by atoms with Gasteiger partial charge in [0.25, 0.3) is 0 Å². The standard InChI is InChI=1S/C17H18BrNS/c1-12(13-6-8-15(18)9-7-13)19-11-16-10-14-4-2-3-5-17(14)20-16/h2-9,12,16,19H,10-11H2,1H3/t12-,16?/m0/s1. The summed E-state index contributed by atoms with van der Waals surface area (Å²) in [6.07, 6.45) is 1.18. The van der Waals surface area contributed by atoms with Gasteiger partial charge in [0.15, 0.2) is 0 Å². The summed E-state index contributed by atoms with van der Waals surface area (Å²) in [5, 5.41) is 4.32. The molecule has 104 valence electrons. The highest BCUT2D eigenvalue weighted by Crippen LogP contribution is 2.36. The van der Waals surface area contributed by atoms with E-state index in [-0.39, 0.29) is 0 Å². The third kappa shape index (κ3) is 3.27. The van der Waals surface area contributed by atoms with Crippen LogP contribution in [0.15, 0.2) is 57.9 Å². The quantitative estimate of drug-likeness (QED) is 0.850. The van der Waals surface area contributed by atoms with Crippen LogP contribution in [-0.4, -0.2) is 11.8 Å². The molecule has 2 aromatic carbocycles. The SMILES string of the molecule is C[C@H](NCC1Cc2ccccc2S1)c1ccc(Br)cc1. The van der Waals surface area contributed by atoms with Crippen molar-refractivity contribution in [2.24, 2.45) is 0 Å². The number of thioether (sulfide) groups is 1. The number of benzene rings is 2. The Balaban J connectivity index is 1.55. The number of fused-ring (bicyclic) bond motifs is 1. The minimum absolute atomic E-state index is 0.396. The molecule has 0 saturated carbocycles. The maximum Gasteiger partial charge on any atom is 0.0292 e. The number of nitrogens with one attached hydrogen (secondary N) is 1. The second-order valence-corrected chi connectivity index (χ2v) is 7.49. The minimum atomic E-state index is 0.396. The van der Waals surface area contributed by atoms with Crippen molar-refractivity contribution in [3.05, 3.63) is 64.1 Å². The average Bonchev–Trinajstić information content (AvgIpc) is 2.88. The predicted octanol–water partition coefficient (Wildman–Crippen LogP) is 4.82. The van der Waals surface area contributed by atoms with Gasteiger partial charge in [-0.05, 0) is 42.7 Å². The van der Waals surface area contributed by atoms with E-state index in [1.807, 2.05) is 11.8 Å². The molecule has 1 heterocycles. The van der Waals surface area contributed by atoms with Gasteiger partial charge in [-0.25, -0.2) is 0 Å². The molecule has 2 atom stereocenters. The molecule has 0 amide bonds. The molecule has 1 aliphatic heterocycles. The molecule has 0 saturated heterocycles. The summed E-state index contributed by atoms with van der Waals surface area (Å²) in [5.74, 6) is 0. The molecule has 2 aromatic rings. The number of halogens is 1. The molecule has 0 bridgehead atoms. The molecule has 20 heavy (non-hydrogen) atoms. The lowest BCUT2D eigenvalue weighted by atomic mass is 10.1. The van der Waals surface area contributed by atoms with Crippen LogP contribution in [0.3, 0.4) is 0 Å². The van der Waals surface area contributed by atoms with Crippen molar-refractivity contribution in [3.8, 4) is 0 Å². The summed E-state index contributed by atoms with van der Waals surface area (Å²) in [6, 6.07) is 17.7. The van der Waals surface area contributed by atoms with E-state index in [9.17, 15) is 0 Å². The molecule has 3 rings (SSSR count). The van der Waals surface area contributed by atoms with Gasteiger partial charge in [-0.15, -0.1) is 11.8 Å². The lowest BCUT2D eigenvalue weighted by Gasteiger charge is -2.17. The average molecular weight is 348 g/mol. The topological polar surface area (TPSA) is 12.0 Å². The monoisotopic (exact) mass is 347 g/mol. The van der Waals surface area contributed by atoms with Gasteiger partial charge >= 0.3 is 0 Å². The van der Waals surface area contributed by atoms with Crippen LogP contribution in [0.2, 0.25) is 0 Å². The fourth-order valence-electron chi connectivity index (χ4n) is 2.55. The van der Waals surface area contributed by atoms with E-state index in [0.717, 1.165) is 11.0 Å². The summed E-state index contributed by atoms with van der Waals surface area (Å²) >= 11 is 5.49. The van der Waals surface area contributed by atoms with Crippen LogP contribution in [0.5, 0.6) is 0 Å². The largest absolute Gasteiger partial charge is 0.309 e. The number of rotatable bonds is 4. The van der Waals surface area contributed by atoms with Crippen molar-refractivity contribution < 1.29 is 0 Å². The van der Waals surface area contributed by atoms with Crippen molar-refractivity contribution in [1.29, 1.82) is 0 Å². The van der Waals surface area contributed by atoms with Crippen LogP contribution in [0.25, 0.3) is 0 Å². The molecular formula is C17H18BrNS. The molecule has 3 heteroatoms. The third-order valence-corrected chi connectivity index (χ3v) is 5.58. The van der Waals surface area contributed by atoms with Crippen molar-refractivity contribution in [3.63, 3.8) is 0 Å². The van der Waals surface area contributed by atoms with E-state index < -0.39 is 0 Å². The highest BCUT2D eigenvalue weighted by atomic mass is 79.9. The van der Waals surface area contributed by atoms with Gasteiger partial charge in [0.2, 0.25) is 0 Å². The van der Waals surface area contributed by atoms with Gasteiger partial charge in [-0.3, -0.25) is 0 Å². The van der Waals surface area contributed by atoms with Crippen molar-refractivity contribution >= 4 is 27.7 Å². The van der Waals surface area contributed by atoms with Gasteiger partial charge < -0.3 is 5.32 Å². The van der Waals surface area contributed by atoms with E-state index in [0.29, 0.717) is 11.3 Å². The molecule has 0 aromatic heterocycles. The molecule has 0 radical (unpaired) electrons. The maximum atomic E-state index is 3.66. The zero-order valence-electron chi connectivity index (χ0n) is 11.5. The fraction of sp³-hybridized carbons (Fsp3) is 0.294. The van der Waals surface area contributed by atoms with Crippen molar-refractivity contribution in [2.75, 3.05) is 6.54 Å². The van der Waals surface area contributed by atoms with Crippen LogP contribution in [0.4, 0.5) is 0 Å². The number of hydrogen-bond donors (Lipinski definition) is 1. The lowest BCUT2D eigenvalue weighted by Crippen LogP contribution is -2.27. The minimum Gasteiger partial charge on any atom is -0.309 e. The molecule has 1 aliphatic rings. The van der Waals surface area contributed by atoms with E-state index in [1.54, 1.807) is 0 Å². The van der Waals surface area contributed by atoms with Gasteiger partial charge in [0.05, 0.1) is 0 Å². The Kier molecular flexibility index (Phi) is 4.49. The van der Waals surface area contributed by atoms with Crippen LogP contribution in [0.1, 0.15) is 24.1 Å². The van der Waals surface area contributed by atoms with E-state index in [1.165, 1.54) is 22.4 Å². The molecular weight excluding hydrogens is 330 g/mol. The predicted molar refractivity (Wildman–Crippen MR) is 90.4 cm³/mol. The van der Waals surface area contributed by atoms with Crippen LogP contribution in [-0.2, 0) is 6.42 Å². The van der Waals surface area contributed by atoms with Crippen LogP contribution >= 0.6 is 27.7 Å². The zero-order chi connectivity index (χ0) is 13.9. The van der Waals surface area contributed by atoms with Crippen molar-refractivity contribution in [1.82, 2.24) is 5.32 Å². The summed E-state index contributed by atoms with van der Waals surface area (Å²) < 4.78 is 1.13. The second-order valence-electron chi connectivity index (χ2n) is 5.23. The highest BCUT2D eigenvalue weighted by Gasteiger charge is 2.21. The Morgan fingerprint density at radius 2 is 1.95 bits per heavy atom. The first-order chi connectivity index (χ1) is 9.72. The Hall–Kier alpha value is -0.770. The van der Waals surface area contributed by atoms with E-state index >= 15 is 0 Å². The van der Waals surface area contributed by atoms with Gasteiger partial charge in [0, 0.05) is 27.2 Å². The fourth-order valence-corrected chi connectivity index (χ4v) is 4.07. The lowest BCUT2D eigenvalue weighted by molar-refractivity contribution is 0.567. The Morgan fingerprint density at radius 1 is 1.20 bits per heavy atom. The normalized spacial score (nSPS) is 18.8. The second kappa shape index (κ2) is 6.33. The molecule has 1 unspecified atom stereocenters. The zero-order valence-corrected chi connectivity index (χ0v) is 13.9. The third-order valence-electron chi connectivity index (χ3n) is 3.74. The van der Waals surface area contributed by atoms with Gasteiger partial charge in [0.1, 0.15) is 0 Å². The van der Waals surface area contributed by atoms with E-state index in [4.69, 9.17) is 0 Å². The summed E-state index contributed by atoms with van der Waals surface area (Å²) in [7, 11) is 0. The first kappa shape index (κ1) is 14.2. The summed E-state index contributed by atoms with van der Waals surface area (Å²) in [5.41, 5.74) is 2.84. The molecule has 1 N–H and O–H groups in total. The van der Waals surface area contributed by atoms with Crippen molar-refractivity contribution in [2.45, 2.75) is 29.5 Å². The van der Waals surface area contributed by atoms with Gasteiger partial charge in [-0.2, -0.15) is 0 Å². The maximum absolute atomic E-state index is 3.66. The molecule has 0 fully saturated rings. The molecule has 0 aliphatic carbocycles. The first-order valence-electron chi connectivity index (χ1n) is 6.96. The van der Waals surface area contributed by atoms with Gasteiger partial charge in [-0.1, -0.05) is 46.3 Å². The molecule has 0 spiro atoms. The first-order valence-corrected chi connectivity index (χ1v) is 8.63. The summed E-state index contributed by atoms with van der Waals surface area (Å²) in [6.45, 7) is 3.28. The number of hydrogen-bond acceptors (Lipinski definition) is 2. The Bertz CT molecular complexity index is 557. The Labute approximate surface area is 133 Å².